The van der Waals surface area contributed by atoms with Gasteiger partial charge in [0.05, 0.1) is 11.4 Å². The number of nitrogens with one attached hydrogen (secondary N) is 2. The van der Waals surface area contributed by atoms with Crippen LogP contribution in [0.2, 0.25) is 0 Å². The van der Waals surface area contributed by atoms with Crippen LogP contribution in [-0.2, 0) is 18.2 Å². The predicted molar refractivity (Wildman–Crippen MR) is 83.6 cm³/mol. The minimum absolute atomic E-state index is 0.263. The van der Waals surface area contributed by atoms with Crippen molar-refractivity contribution in [2.45, 2.75) is 39.7 Å². The molecule has 2 amide bonds. The number of nitrogen functional groups attached to an aromatic ring is 1. The lowest BCUT2D eigenvalue weighted by atomic mass is 10.2. The molecule has 1 aromatic rings. The summed E-state index contributed by atoms with van der Waals surface area (Å²) < 4.78 is 6.55. The number of nitrogens with zero attached hydrogens (tertiary/aromatic N) is 2. The number of rotatable bonds is 5. The van der Waals surface area contributed by atoms with Crippen molar-refractivity contribution >= 4 is 17.7 Å². The Labute approximate surface area is 130 Å². The first-order valence-electron chi connectivity index (χ1n) is 7.22. The quantitative estimate of drug-likeness (QED) is 0.697. The summed E-state index contributed by atoms with van der Waals surface area (Å²) in [6, 6.07) is 0. The maximum absolute atomic E-state index is 12.1. The Balaban J connectivity index is 2.45. The first-order valence-corrected chi connectivity index (χ1v) is 7.22. The van der Waals surface area contributed by atoms with Crippen LogP contribution in [0.3, 0.4) is 0 Å². The predicted octanol–water partition coefficient (Wildman–Crippen LogP) is 0.819. The van der Waals surface area contributed by atoms with Crippen molar-refractivity contribution in [1.29, 1.82) is 0 Å². The molecule has 0 aromatic carbocycles. The molecule has 0 radical (unpaired) electrons. The van der Waals surface area contributed by atoms with E-state index in [1.54, 1.807) is 27.8 Å². The van der Waals surface area contributed by atoms with Gasteiger partial charge in [0.15, 0.2) is 0 Å². The molecule has 0 aliphatic carbocycles. The van der Waals surface area contributed by atoms with E-state index in [4.69, 9.17) is 10.5 Å². The third-order valence-corrected chi connectivity index (χ3v) is 2.79. The highest BCUT2D eigenvalue weighted by Crippen LogP contribution is 2.16. The molecular weight excluding hydrogens is 286 g/mol. The standard InChI is InChI=1S/C14H25N5O3/c1-6-9-10(15)11(19(5)18-9)12(20)16-7-8-17-13(21)22-14(2,3)4/h6-8,15H2,1-5H3,(H,16,20)(H,17,21). The van der Waals surface area contributed by atoms with Gasteiger partial charge in [-0.2, -0.15) is 5.10 Å². The SMILES string of the molecule is CCc1nn(C)c(C(=O)NCCNC(=O)OC(C)(C)C)c1N. The number of anilines is 1. The van der Waals surface area contributed by atoms with Crippen LogP contribution in [0, 0.1) is 0 Å². The van der Waals surface area contributed by atoms with Gasteiger partial charge in [0.25, 0.3) is 5.91 Å². The van der Waals surface area contributed by atoms with Crippen molar-refractivity contribution in [3.05, 3.63) is 11.4 Å². The maximum atomic E-state index is 12.1. The van der Waals surface area contributed by atoms with Crippen LogP contribution >= 0.6 is 0 Å². The van der Waals surface area contributed by atoms with Gasteiger partial charge in [-0.3, -0.25) is 9.48 Å². The van der Waals surface area contributed by atoms with E-state index >= 15 is 0 Å². The van der Waals surface area contributed by atoms with Crippen LogP contribution < -0.4 is 16.4 Å². The Morgan fingerprint density at radius 3 is 2.36 bits per heavy atom. The minimum Gasteiger partial charge on any atom is -0.444 e. The number of aromatic nitrogens is 2. The number of amides is 2. The van der Waals surface area contributed by atoms with Gasteiger partial charge in [-0.15, -0.1) is 0 Å². The smallest absolute Gasteiger partial charge is 0.407 e. The van der Waals surface area contributed by atoms with Gasteiger partial charge >= 0.3 is 6.09 Å². The number of alkyl carbamates (subject to hydrolysis) is 1. The summed E-state index contributed by atoms with van der Waals surface area (Å²) in [5, 5.41) is 9.44. The molecule has 0 bridgehead atoms. The Morgan fingerprint density at radius 1 is 1.27 bits per heavy atom. The summed E-state index contributed by atoms with van der Waals surface area (Å²) >= 11 is 0. The van der Waals surface area contributed by atoms with Crippen LogP contribution in [0.15, 0.2) is 0 Å². The normalized spacial score (nSPS) is 11.1. The Morgan fingerprint density at radius 2 is 1.86 bits per heavy atom. The molecule has 0 fully saturated rings. The molecule has 1 rings (SSSR count). The average molecular weight is 311 g/mol. The molecule has 124 valence electrons. The number of hydrogen-bond acceptors (Lipinski definition) is 5. The fourth-order valence-corrected chi connectivity index (χ4v) is 1.86. The van der Waals surface area contributed by atoms with Gasteiger partial charge in [-0.1, -0.05) is 6.92 Å². The monoisotopic (exact) mass is 311 g/mol. The second-order valence-electron chi connectivity index (χ2n) is 5.87. The summed E-state index contributed by atoms with van der Waals surface area (Å²) in [7, 11) is 1.67. The Hall–Kier alpha value is -2.25. The molecule has 0 aliphatic heterocycles. The Kier molecular flexibility index (Phi) is 5.78. The first-order chi connectivity index (χ1) is 10.2. The molecule has 22 heavy (non-hydrogen) atoms. The maximum Gasteiger partial charge on any atom is 0.407 e. The molecule has 0 unspecified atom stereocenters. The molecule has 1 heterocycles. The van der Waals surface area contributed by atoms with Gasteiger partial charge in [-0.25, -0.2) is 4.79 Å². The summed E-state index contributed by atoms with van der Waals surface area (Å²) in [6.07, 6.45) is 0.141. The van der Waals surface area contributed by atoms with Crippen LogP contribution in [0.25, 0.3) is 0 Å². The summed E-state index contributed by atoms with van der Waals surface area (Å²) in [6.45, 7) is 7.80. The molecule has 0 aliphatic rings. The average Bonchev–Trinajstić information content (AvgIpc) is 2.67. The summed E-state index contributed by atoms with van der Waals surface area (Å²) in [5.74, 6) is -0.321. The zero-order chi connectivity index (χ0) is 16.9. The van der Waals surface area contributed by atoms with Crippen molar-refractivity contribution in [2.24, 2.45) is 7.05 Å². The zero-order valence-electron chi connectivity index (χ0n) is 13.8. The molecular formula is C14H25N5O3. The highest BCUT2D eigenvalue weighted by molar-refractivity contribution is 5.98. The fraction of sp³-hybridized carbons (Fsp3) is 0.643. The lowest BCUT2D eigenvalue weighted by Crippen LogP contribution is -2.38. The van der Waals surface area contributed by atoms with Crippen LogP contribution in [0.4, 0.5) is 10.5 Å². The number of ether oxygens (including phenoxy) is 1. The van der Waals surface area contributed by atoms with E-state index in [9.17, 15) is 9.59 Å². The number of hydrogen-bond donors (Lipinski definition) is 3. The van der Waals surface area contributed by atoms with Gasteiger partial charge in [-0.05, 0) is 27.2 Å². The molecule has 4 N–H and O–H groups in total. The molecule has 1 aromatic heterocycles. The van der Waals surface area contributed by atoms with Crippen LogP contribution in [0.5, 0.6) is 0 Å². The molecule has 8 heteroatoms. The number of aryl methyl sites for hydroxylation is 2. The van der Waals surface area contributed by atoms with E-state index in [-0.39, 0.29) is 19.0 Å². The van der Waals surface area contributed by atoms with Crippen LogP contribution in [0.1, 0.15) is 43.9 Å². The van der Waals surface area contributed by atoms with Crippen molar-refractivity contribution in [2.75, 3.05) is 18.8 Å². The molecule has 8 nitrogen and oxygen atoms in total. The lowest BCUT2D eigenvalue weighted by molar-refractivity contribution is 0.0526. The molecule has 0 atom stereocenters. The van der Waals surface area contributed by atoms with Gasteiger partial charge in [0, 0.05) is 20.1 Å². The van der Waals surface area contributed by atoms with Crippen LogP contribution in [-0.4, -0.2) is 40.5 Å². The van der Waals surface area contributed by atoms with Crippen molar-refractivity contribution in [1.82, 2.24) is 20.4 Å². The van der Waals surface area contributed by atoms with E-state index in [0.717, 1.165) is 0 Å². The second kappa shape index (κ2) is 7.15. The van der Waals surface area contributed by atoms with Gasteiger partial charge in [0.2, 0.25) is 0 Å². The highest BCUT2D eigenvalue weighted by atomic mass is 16.6. The van der Waals surface area contributed by atoms with Crippen molar-refractivity contribution in [3.8, 4) is 0 Å². The van der Waals surface area contributed by atoms with Gasteiger partial charge < -0.3 is 21.1 Å². The number of nitrogens with two attached hydrogens (primary N) is 1. The molecule has 0 saturated carbocycles. The third-order valence-electron chi connectivity index (χ3n) is 2.79. The lowest BCUT2D eigenvalue weighted by Gasteiger charge is -2.19. The number of carbonyl (C=O) groups is 2. The van der Waals surface area contributed by atoms with E-state index < -0.39 is 11.7 Å². The van der Waals surface area contributed by atoms with Crippen molar-refractivity contribution in [3.63, 3.8) is 0 Å². The third kappa shape index (κ3) is 4.94. The highest BCUT2D eigenvalue weighted by Gasteiger charge is 2.19. The van der Waals surface area contributed by atoms with Crippen molar-refractivity contribution < 1.29 is 14.3 Å². The fourth-order valence-electron chi connectivity index (χ4n) is 1.86. The largest absolute Gasteiger partial charge is 0.444 e. The summed E-state index contributed by atoms with van der Waals surface area (Å²) in [4.78, 5) is 23.5. The second-order valence-corrected chi connectivity index (χ2v) is 5.87. The summed E-state index contributed by atoms with van der Waals surface area (Å²) in [5.41, 5.74) is 6.77. The molecule has 0 spiro atoms. The zero-order valence-corrected chi connectivity index (χ0v) is 13.8. The first kappa shape index (κ1) is 17.8. The number of carbonyl (C=O) groups excluding carboxylic acids is 2. The molecule has 0 saturated heterocycles. The Bertz CT molecular complexity index is 545. The van der Waals surface area contributed by atoms with E-state index in [0.29, 0.717) is 23.5 Å². The van der Waals surface area contributed by atoms with E-state index in [2.05, 4.69) is 15.7 Å². The van der Waals surface area contributed by atoms with Gasteiger partial charge in [0.1, 0.15) is 11.3 Å². The minimum atomic E-state index is -0.549. The topological polar surface area (TPSA) is 111 Å². The van der Waals surface area contributed by atoms with E-state index in [1.807, 2.05) is 6.92 Å². The van der Waals surface area contributed by atoms with E-state index in [1.165, 1.54) is 4.68 Å².